The van der Waals surface area contributed by atoms with E-state index >= 15 is 0 Å². The van der Waals surface area contributed by atoms with Gasteiger partial charge in [0, 0.05) is 5.25 Å². The minimum atomic E-state index is -4.50. The van der Waals surface area contributed by atoms with Crippen LogP contribution in [0, 0.1) is 0 Å². The van der Waals surface area contributed by atoms with E-state index in [2.05, 4.69) is 13.8 Å². The van der Waals surface area contributed by atoms with Crippen molar-refractivity contribution in [2.75, 3.05) is 14.1 Å². The maximum Gasteiger partial charge on any atom is 0.416 e. The van der Waals surface area contributed by atoms with Gasteiger partial charge in [0.25, 0.3) is 0 Å². The lowest BCUT2D eigenvalue weighted by Gasteiger charge is -2.28. The van der Waals surface area contributed by atoms with Gasteiger partial charge in [-0.25, -0.2) is 0 Å². The van der Waals surface area contributed by atoms with E-state index in [1.165, 1.54) is 12.1 Å². The Morgan fingerprint density at radius 2 is 1.25 bits per heavy atom. The van der Waals surface area contributed by atoms with E-state index in [0.717, 1.165) is 30.7 Å². The maximum absolute atomic E-state index is 13.4. The van der Waals surface area contributed by atoms with Gasteiger partial charge in [0.15, 0.2) is 0 Å². The van der Waals surface area contributed by atoms with Crippen LogP contribution in [-0.4, -0.2) is 28.7 Å². The number of hydrogen-bond donors (Lipinski definition) is 0. The van der Waals surface area contributed by atoms with Gasteiger partial charge in [0.2, 0.25) is 0 Å². The maximum atomic E-state index is 13.4. The van der Waals surface area contributed by atoms with Gasteiger partial charge in [-0.05, 0) is 55.9 Å². The first kappa shape index (κ1) is 25.3. The molecule has 0 aliphatic carbocycles. The largest absolute Gasteiger partial charge is 0.416 e. The number of likely N-dealkylation sites (N-methyl/N-ethyl adjacent to an activating group) is 2. The Balaban J connectivity index is 2.11. The van der Waals surface area contributed by atoms with Crippen LogP contribution in [0.3, 0.4) is 0 Å². The third-order valence-corrected chi connectivity index (χ3v) is 11.3. The van der Waals surface area contributed by atoms with Crippen LogP contribution in [0.15, 0.2) is 48.5 Å². The summed E-state index contributed by atoms with van der Waals surface area (Å²) in [5.74, 6) is 0. The number of alkyl halides is 6. The van der Waals surface area contributed by atoms with Gasteiger partial charge < -0.3 is 0 Å². The zero-order valence-corrected chi connectivity index (χ0v) is 19.8. The molecular formula is C22H25F6N2PS. The molecule has 0 saturated carbocycles. The molecule has 32 heavy (non-hydrogen) atoms. The first-order chi connectivity index (χ1) is 14.8. The van der Waals surface area contributed by atoms with Crippen molar-refractivity contribution < 1.29 is 26.3 Å². The molecule has 0 N–H and O–H groups in total. The van der Waals surface area contributed by atoms with Crippen LogP contribution >= 0.6 is 18.8 Å². The summed E-state index contributed by atoms with van der Waals surface area (Å²) in [6.07, 6.45) is -8.09. The fourth-order valence-corrected chi connectivity index (χ4v) is 8.90. The van der Waals surface area contributed by atoms with Crippen LogP contribution in [0.1, 0.15) is 54.6 Å². The Kier molecular flexibility index (Phi) is 7.55. The van der Waals surface area contributed by atoms with Crippen molar-refractivity contribution in [2.24, 2.45) is 0 Å². The first-order valence-electron chi connectivity index (χ1n) is 10.1. The smallest absolute Gasteiger partial charge is 0.255 e. The molecule has 1 unspecified atom stereocenters. The topological polar surface area (TPSA) is 6.48 Å². The molecule has 2 aromatic rings. The number of halogens is 6. The standard InChI is InChI=1S/C22H25F6N2PS/c1-5-14(2)32-31-29(3)19(15-8-6-10-17(12-15)21(23,24)25)20(30(31)4)16-9-7-11-18(13-16)22(26,27)28/h6-14,19-20H,5H2,1-4H3/t14?,19-,20-/m1/s1. The van der Waals surface area contributed by atoms with Crippen LogP contribution in [0.25, 0.3) is 0 Å². The van der Waals surface area contributed by atoms with E-state index < -0.39 is 43.0 Å². The van der Waals surface area contributed by atoms with Crippen LogP contribution in [0.2, 0.25) is 0 Å². The molecule has 3 rings (SSSR count). The Labute approximate surface area is 189 Å². The Morgan fingerprint density at radius 1 is 0.844 bits per heavy atom. The highest BCUT2D eigenvalue weighted by atomic mass is 32.7. The van der Waals surface area contributed by atoms with Gasteiger partial charge in [-0.3, -0.25) is 9.34 Å². The summed E-state index contributed by atoms with van der Waals surface area (Å²) in [7, 11) is 2.69. The van der Waals surface area contributed by atoms with E-state index in [-0.39, 0.29) is 0 Å². The number of benzene rings is 2. The van der Waals surface area contributed by atoms with Gasteiger partial charge in [-0.1, -0.05) is 49.5 Å². The lowest BCUT2D eigenvalue weighted by molar-refractivity contribution is -0.138. The average molecular weight is 494 g/mol. The lowest BCUT2D eigenvalue weighted by Crippen LogP contribution is -2.22. The summed E-state index contributed by atoms with van der Waals surface area (Å²) < 4.78 is 84.3. The monoisotopic (exact) mass is 494 g/mol. The van der Waals surface area contributed by atoms with E-state index in [4.69, 9.17) is 0 Å². The Hall–Kier alpha value is -1.28. The van der Waals surface area contributed by atoms with Crippen molar-refractivity contribution in [3.63, 3.8) is 0 Å². The van der Waals surface area contributed by atoms with Crippen LogP contribution < -0.4 is 0 Å². The SMILES string of the molecule is CCC(C)SP1N(C)[C@H](c2cccc(C(F)(F)F)c2)[C@@H](c2cccc(C(F)(F)F)c2)N1C. The van der Waals surface area contributed by atoms with Gasteiger partial charge in [0.05, 0.1) is 23.2 Å². The lowest BCUT2D eigenvalue weighted by atomic mass is 9.91. The minimum absolute atomic E-state index is 0.299. The van der Waals surface area contributed by atoms with Crippen molar-refractivity contribution in [1.29, 1.82) is 0 Å². The summed E-state index contributed by atoms with van der Waals surface area (Å²) in [5.41, 5.74) is -0.656. The van der Waals surface area contributed by atoms with Crippen molar-refractivity contribution >= 4 is 18.8 Å². The van der Waals surface area contributed by atoms with E-state index in [9.17, 15) is 26.3 Å². The zero-order chi connectivity index (χ0) is 23.8. The molecule has 1 fully saturated rings. The molecule has 0 bridgehead atoms. The van der Waals surface area contributed by atoms with Crippen molar-refractivity contribution in [3.05, 3.63) is 70.8 Å². The summed E-state index contributed by atoms with van der Waals surface area (Å²) in [6.45, 7) is 4.13. The number of nitrogens with zero attached hydrogens (tertiary/aromatic N) is 2. The Morgan fingerprint density at radius 3 is 1.59 bits per heavy atom. The zero-order valence-electron chi connectivity index (χ0n) is 18.1. The molecule has 10 heteroatoms. The molecule has 1 aliphatic rings. The number of hydrogen-bond acceptors (Lipinski definition) is 3. The third kappa shape index (κ3) is 5.27. The summed E-state index contributed by atoms with van der Waals surface area (Å²) in [4.78, 5) is 0. The van der Waals surface area contributed by atoms with E-state index in [1.54, 1.807) is 23.5 Å². The quantitative estimate of drug-likeness (QED) is 0.306. The molecule has 2 aromatic carbocycles. The molecular weight excluding hydrogens is 469 g/mol. The van der Waals surface area contributed by atoms with Gasteiger partial charge in [-0.15, -0.1) is 0 Å². The van der Waals surface area contributed by atoms with Crippen LogP contribution in [0.5, 0.6) is 0 Å². The summed E-state index contributed by atoms with van der Waals surface area (Å²) in [5, 5.41) is 0.299. The van der Waals surface area contributed by atoms with Gasteiger partial charge in [0.1, 0.15) is 7.42 Å². The molecule has 0 aromatic heterocycles. The van der Waals surface area contributed by atoms with Crippen LogP contribution in [-0.2, 0) is 12.4 Å². The highest BCUT2D eigenvalue weighted by Crippen LogP contribution is 2.70. The first-order valence-corrected chi connectivity index (χ1v) is 12.8. The second-order valence-electron chi connectivity index (χ2n) is 7.86. The second kappa shape index (κ2) is 9.53. The predicted octanol–water partition coefficient (Wildman–Crippen LogP) is 8.14. The third-order valence-electron chi connectivity index (χ3n) is 5.60. The summed E-state index contributed by atoms with van der Waals surface area (Å²) in [6, 6.07) is 9.17. The molecule has 3 atom stereocenters. The minimum Gasteiger partial charge on any atom is -0.255 e. The normalized spacial score (nSPS) is 22.4. The highest BCUT2D eigenvalue weighted by molar-refractivity contribution is 8.54. The van der Waals surface area contributed by atoms with Crippen LogP contribution in [0.4, 0.5) is 26.3 Å². The van der Waals surface area contributed by atoms with Crippen molar-refractivity contribution in [2.45, 2.75) is 50.0 Å². The molecule has 1 saturated heterocycles. The predicted molar refractivity (Wildman–Crippen MR) is 118 cm³/mol. The van der Waals surface area contributed by atoms with Crippen molar-refractivity contribution in [3.8, 4) is 0 Å². The van der Waals surface area contributed by atoms with Gasteiger partial charge in [-0.2, -0.15) is 26.3 Å². The van der Waals surface area contributed by atoms with E-state index in [1.807, 2.05) is 23.4 Å². The molecule has 0 amide bonds. The average Bonchev–Trinajstić information content (AvgIpc) is 2.97. The molecule has 0 spiro atoms. The van der Waals surface area contributed by atoms with Gasteiger partial charge >= 0.3 is 12.4 Å². The van der Waals surface area contributed by atoms with Crippen molar-refractivity contribution in [1.82, 2.24) is 9.34 Å². The number of rotatable bonds is 5. The molecule has 2 nitrogen and oxygen atoms in total. The summed E-state index contributed by atoms with van der Waals surface area (Å²) >= 11 is 1.71. The molecule has 1 aliphatic heterocycles. The fourth-order valence-electron chi connectivity index (χ4n) is 3.82. The second-order valence-corrected chi connectivity index (χ2v) is 12.3. The fraction of sp³-hybridized carbons (Fsp3) is 0.455. The highest BCUT2D eigenvalue weighted by Gasteiger charge is 2.47. The van der Waals surface area contributed by atoms with E-state index in [0.29, 0.717) is 16.4 Å². The molecule has 1 heterocycles. The Bertz CT molecular complexity index is 866. The molecule has 176 valence electrons. The molecule has 0 radical (unpaired) electrons.